The predicted octanol–water partition coefficient (Wildman–Crippen LogP) is 3.94. The highest BCUT2D eigenvalue weighted by Gasteiger charge is 2.25. The number of hydrogen-bond acceptors (Lipinski definition) is 4. The molecule has 1 unspecified atom stereocenters. The molecule has 1 saturated heterocycles. The fraction of sp³-hybridized carbons (Fsp3) is 0.167. The number of hydrogen-bond donors (Lipinski definition) is 1. The molecule has 6 nitrogen and oxygen atoms in total. The Hall–Kier alpha value is -2.75. The number of carbonyl (C=O) groups is 2. The number of nitriles is 1. The molecule has 26 heavy (non-hydrogen) atoms. The summed E-state index contributed by atoms with van der Waals surface area (Å²) in [6.07, 6.45) is -0.458. The van der Waals surface area contributed by atoms with E-state index in [0.717, 1.165) is 0 Å². The van der Waals surface area contributed by atoms with Crippen LogP contribution in [0.25, 0.3) is 0 Å². The van der Waals surface area contributed by atoms with Gasteiger partial charge in [-0.25, -0.2) is 4.79 Å². The molecule has 0 spiro atoms. The van der Waals surface area contributed by atoms with Gasteiger partial charge in [0.15, 0.2) is 0 Å². The van der Waals surface area contributed by atoms with Crippen LogP contribution in [-0.2, 0) is 4.74 Å². The second-order valence-electron chi connectivity index (χ2n) is 5.49. The second kappa shape index (κ2) is 7.65. The van der Waals surface area contributed by atoms with Gasteiger partial charge in [-0.05, 0) is 30.3 Å². The fourth-order valence-electron chi connectivity index (χ4n) is 2.61. The Morgan fingerprint density at radius 1 is 1.23 bits per heavy atom. The minimum absolute atomic E-state index is 0.290. The molecule has 8 heteroatoms. The van der Waals surface area contributed by atoms with E-state index in [1.165, 1.54) is 4.90 Å². The van der Waals surface area contributed by atoms with Gasteiger partial charge in [0, 0.05) is 26.9 Å². The molecule has 1 heterocycles. The SMILES string of the molecule is N#CC(NC(=O)c1cccc(N2CCOC2=O)c1)c1c(Cl)cccc1Cl. The third-order valence-electron chi connectivity index (χ3n) is 3.87. The minimum Gasteiger partial charge on any atom is -0.447 e. The normalized spacial score (nSPS) is 14.5. The highest BCUT2D eigenvalue weighted by atomic mass is 35.5. The summed E-state index contributed by atoms with van der Waals surface area (Å²) in [6.45, 7) is 0.719. The molecular weight excluding hydrogens is 377 g/mol. The van der Waals surface area contributed by atoms with Crippen molar-refractivity contribution in [1.29, 1.82) is 5.26 Å². The van der Waals surface area contributed by atoms with Gasteiger partial charge < -0.3 is 10.1 Å². The maximum Gasteiger partial charge on any atom is 0.414 e. The molecule has 2 aromatic carbocycles. The lowest BCUT2D eigenvalue weighted by molar-refractivity contribution is 0.0945. The number of benzene rings is 2. The Morgan fingerprint density at radius 3 is 2.54 bits per heavy atom. The Bertz CT molecular complexity index is 891. The van der Waals surface area contributed by atoms with E-state index in [9.17, 15) is 14.9 Å². The summed E-state index contributed by atoms with van der Waals surface area (Å²) in [5, 5.41) is 12.6. The number of rotatable bonds is 4. The van der Waals surface area contributed by atoms with Gasteiger partial charge in [0.25, 0.3) is 5.91 Å². The van der Waals surface area contributed by atoms with Crippen LogP contribution in [0, 0.1) is 11.3 Å². The first-order chi connectivity index (χ1) is 12.5. The van der Waals surface area contributed by atoms with Gasteiger partial charge in [-0.3, -0.25) is 9.69 Å². The molecule has 0 saturated carbocycles. The lowest BCUT2D eigenvalue weighted by atomic mass is 10.1. The molecule has 2 aromatic rings. The maximum absolute atomic E-state index is 12.6. The van der Waals surface area contributed by atoms with E-state index >= 15 is 0 Å². The minimum atomic E-state index is -1.01. The second-order valence-corrected chi connectivity index (χ2v) is 6.30. The average Bonchev–Trinajstić information content (AvgIpc) is 3.06. The van der Waals surface area contributed by atoms with E-state index < -0.39 is 18.0 Å². The third kappa shape index (κ3) is 3.59. The lowest BCUT2D eigenvalue weighted by Crippen LogP contribution is -2.29. The van der Waals surface area contributed by atoms with Crippen LogP contribution in [0.4, 0.5) is 10.5 Å². The van der Waals surface area contributed by atoms with Gasteiger partial charge in [0.05, 0.1) is 12.6 Å². The van der Waals surface area contributed by atoms with Crippen molar-refractivity contribution in [1.82, 2.24) is 5.32 Å². The lowest BCUT2D eigenvalue weighted by Gasteiger charge is -2.16. The van der Waals surface area contributed by atoms with Crippen LogP contribution in [0.15, 0.2) is 42.5 Å². The molecular formula is C18H13Cl2N3O3. The van der Waals surface area contributed by atoms with Crippen LogP contribution < -0.4 is 10.2 Å². The largest absolute Gasteiger partial charge is 0.447 e. The van der Waals surface area contributed by atoms with Crippen LogP contribution >= 0.6 is 23.2 Å². The highest BCUT2D eigenvalue weighted by molar-refractivity contribution is 6.36. The monoisotopic (exact) mass is 389 g/mol. The number of carbonyl (C=O) groups excluding carboxylic acids is 2. The van der Waals surface area contributed by atoms with Gasteiger partial charge in [-0.2, -0.15) is 5.26 Å². The van der Waals surface area contributed by atoms with Gasteiger partial charge in [-0.15, -0.1) is 0 Å². The van der Waals surface area contributed by atoms with Crippen molar-refractivity contribution in [3.63, 3.8) is 0 Å². The number of nitrogens with one attached hydrogen (secondary N) is 1. The Morgan fingerprint density at radius 2 is 1.92 bits per heavy atom. The molecule has 1 aliphatic rings. The zero-order valence-corrected chi connectivity index (χ0v) is 14.9. The first kappa shape index (κ1) is 18.1. The summed E-state index contributed by atoms with van der Waals surface area (Å²) in [7, 11) is 0. The molecule has 3 rings (SSSR count). The number of ether oxygens (including phenoxy) is 1. The third-order valence-corrected chi connectivity index (χ3v) is 4.53. The average molecular weight is 390 g/mol. The number of cyclic esters (lactones) is 1. The molecule has 0 radical (unpaired) electrons. The molecule has 1 N–H and O–H groups in total. The summed E-state index contributed by atoms with van der Waals surface area (Å²) in [5.74, 6) is -0.484. The van der Waals surface area contributed by atoms with E-state index in [1.54, 1.807) is 42.5 Å². The standard InChI is InChI=1S/C18H13Cl2N3O3/c19-13-5-2-6-14(20)16(13)15(10-21)22-17(24)11-3-1-4-12(9-11)23-7-8-26-18(23)25/h1-6,9,15H,7-8H2,(H,22,24). The number of amides is 2. The molecule has 1 atom stereocenters. The van der Waals surface area contributed by atoms with Crippen LogP contribution in [0.5, 0.6) is 0 Å². The molecule has 0 aliphatic carbocycles. The summed E-state index contributed by atoms with van der Waals surface area (Å²) in [5.41, 5.74) is 1.18. The van der Waals surface area contributed by atoms with E-state index in [0.29, 0.717) is 30.0 Å². The van der Waals surface area contributed by atoms with Crippen molar-refractivity contribution in [2.45, 2.75) is 6.04 Å². The Balaban J connectivity index is 1.83. The van der Waals surface area contributed by atoms with Crippen LogP contribution in [0.1, 0.15) is 22.0 Å². The first-order valence-corrected chi connectivity index (χ1v) is 8.45. The predicted molar refractivity (Wildman–Crippen MR) is 97.4 cm³/mol. The summed E-state index contributed by atoms with van der Waals surface area (Å²) >= 11 is 12.2. The molecule has 132 valence electrons. The quantitative estimate of drug-likeness (QED) is 0.857. The van der Waals surface area contributed by atoms with E-state index in [-0.39, 0.29) is 10.0 Å². The Kier molecular flexibility index (Phi) is 5.31. The number of halogens is 2. The molecule has 0 bridgehead atoms. The molecule has 1 fully saturated rings. The van der Waals surface area contributed by atoms with Crippen molar-refractivity contribution in [3.8, 4) is 6.07 Å². The van der Waals surface area contributed by atoms with Crippen LogP contribution in [-0.4, -0.2) is 25.2 Å². The van der Waals surface area contributed by atoms with Crippen molar-refractivity contribution in [2.75, 3.05) is 18.1 Å². The molecule has 0 aromatic heterocycles. The maximum atomic E-state index is 12.6. The molecule has 1 aliphatic heterocycles. The molecule has 2 amide bonds. The van der Waals surface area contributed by atoms with Gasteiger partial charge in [-0.1, -0.05) is 35.3 Å². The van der Waals surface area contributed by atoms with Crippen molar-refractivity contribution in [3.05, 3.63) is 63.6 Å². The van der Waals surface area contributed by atoms with Gasteiger partial charge in [0.2, 0.25) is 0 Å². The highest BCUT2D eigenvalue weighted by Crippen LogP contribution is 2.30. The number of anilines is 1. The van der Waals surface area contributed by atoms with E-state index in [4.69, 9.17) is 27.9 Å². The van der Waals surface area contributed by atoms with Crippen LogP contribution in [0.3, 0.4) is 0 Å². The fourth-order valence-corrected chi connectivity index (χ4v) is 3.23. The van der Waals surface area contributed by atoms with Gasteiger partial charge in [0.1, 0.15) is 12.6 Å². The van der Waals surface area contributed by atoms with Crippen LogP contribution in [0.2, 0.25) is 10.0 Å². The van der Waals surface area contributed by atoms with Gasteiger partial charge >= 0.3 is 6.09 Å². The number of nitrogens with zero attached hydrogens (tertiary/aromatic N) is 2. The summed E-state index contributed by atoms with van der Waals surface area (Å²) in [4.78, 5) is 25.7. The van der Waals surface area contributed by atoms with E-state index in [1.807, 2.05) is 6.07 Å². The first-order valence-electron chi connectivity index (χ1n) is 7.70. The van der Waals surface area contributed by atoms with E-state index in [2.05, 4.69) is 5.32 Å². The van der Waals surface area contributed by atoms with Crippen molar-refractivity contribution >= 4 is 40.9 Å². The zero-order valence-electron chi connectivity index (χ0n) is 13.4. The topological polar surface area (TPSA) is 82.4 Å². The van der Waals surface area contributed by atoms with Crippen molar-refractivity contribution in [2.24, 2.45) is 0 Å². The zero-order chi connectivity index (χ0) is 18.7. The Labute approximate surface area is 159 Å². The van der Waals surface area contributed by atoms with Crippen molar-refractivity contribution < 1.29 is 14.3 Å². The summed E-state index contributed by atoms with van der Waals surface area (Å²) in [6, 6.07) is 12.3. The smallest absolute Gasteiger partial charge is 0.414 e. The summed E-state index contributed by atoms with van der Waals surface area (Å²) < 4.78 is 4.90.